The van der Waals surface area contributed by atoms with E-state index in [0.29, 0.717) is 5.92 Å². The summed E-state index contributed by atoms with van der Waals surface area (Å²) in [7, 11) is 0. The van der Waals surface area contributed by atoms with Crippen LogP contribution in [0.15, 0.2) is 22.7 Å². The second-order valence-corrected chi connectivity index (χ2v) is 7.66. The van der Waals surface area contributed by atoms with Crippen LogP contribution in [0.1, 0.15) is 45.5 Å². The SMILES string of the molecule is CC(C)(C)OC(=O)NC(c1nc2ccc(Br)cc2[nH]1)C1CC1. The minimum atomic E-state index is -0.503. The number of H-pyrrole nitrogens is 1. The molecule has 1 heterocycles. The molecule has 0 aliphatic heterocycles. The Balaban J connectivity index is 1.82. The Bertz CT molecular complexity index is 701. The molecule has 5 nitrogen and oxygen atoms in total. The van der Waals surface area contributed by atoms with E-state index in [1.165, 1.54) is 0 Å². The third-order valence-corrected chi connectivity index (χ3v) is 4.02. The molecule has 1 aliphatic rings. The van der Waals surface area contributed by atoms with Gasteiger partial charge in [0.15, 0.2) is 0 Å². The Morgan fingerprint density at radius 2 is 2.18 bits per heavy atom. The standard InChI is InChI=1S/C16H20BrN3O2/c1-16(2,3)22-15(21)20-13(9-4-5-9)14-18-11-7-6-10(17)8-12(11)19-14/h6-9,13H,4-5H2,1-3H3,(H,18,19)(H,20,21). The van der Waals surface area contributed by atoms with Crippen molar-refractivity contribution in [2.45, 2.75) is 45.3 Å². The van der Waals surface area contributed by atoms with Crippen molar-refractivity contribution >= 4 is 33.1 Å². The van der Waals surface area contributed by atoms with Crippen molar-refractivity contribution in [2.75, 3.05) is 0 Å². The lowest BCUT2D eigenvalue weighted by Gasteiger charge is -2.22. The van der Waals surface area contributed by atoms with Crippen molar-refractivity contribution < 1.29 is 9.53 Å². The lowest BCUT2D eigenvalue weighted by Crippen LogP contribution is -2.36. The van der Waals surface area contributed by atoms with Gasteiger partial charge in [-0.1, -0.05) is 15.9 Å². The number of aromatic nitrogens is 2. The van der Waals surface area contributed by atoms with Crippen LogP contribution in [0.3, 0.4) is 0 Å². The first-order valence-electron chi connectivity index (χ1n) is 7.46. The number of alkyl carbamates (subject to hydrolysis) is 1. The molecular weight excluding hydrogens is 346 g/mol. The van der Waals surface area contributed by atoms with E-state index in [9.17, 15) is 4.79 Å². The van der Waals surface area contributed by atoms with Gasteiger partial charge in [-0.05, 0) is 57.7 Å². The lowest BCUT2D eigenvalue weighted by molar-refractivity contribution is 0.0494. The molecule has 0 bridgehead atoms. The number of carbonyl (C=O) groups excluding carboxylic acids is 1. The fourth-order valence-electron chi connectivity index (χ4n) is 2.42. The summed E-state index contributed by atoms with van der Waals surface area (Å²) in [5.74, 6) is 1.22. The minimum absolute atomic E-state index is 0.124. The van der Waals surface area contributed by atoms with Gasteiger partial charge in [0.1, 0.15) is 11.4 Å². The van der Waals surface area contributed by atoms with Crippen LogP contribution in [-0.2, 0) is 4.74 Å². The first-order valence-corrected chi connectivity index (χ1v) is 8.26. The maximum Gasteiger partial charge on any atom is 0.408 e. The maximum atomic E-state index is 12.1. The van der Waals surface area contributed by atoms with Crippen molar-refractivity contribution in [1.82, 2.24) is 15.3 Å². The van der Waals surface area contributed by atoms with Gasteiger partial charge in [-0.25, -0.2) is 9.78 Å². The number of rotatable bonds is 3. The van der Waals surface area contributed by atoms with E-state index in [1.807, 2.05) is 39.0 Å². The molecule has 6 heteroatoms. The van der Waals surface area contributed by atoms with Gasteiger partial charge < -0.3 is 15.0 Å². The number of halogens is 1. The van der Waals surface area contributed by atoms with E-state index in [-0.39, 0.29) is 6.04 Å². The number of nitrogens with one attached hydrogen (secondary N) is 2. The summed E-state index contributed by atoms with van der Waals surface area (Å²) >= 11 is 3.46. The number of hydrogen-bond acceptors (Lipinski definition) is 3. The van der Waals surface area contributed by atoms with Gasteiger partial charge in [0, 0.05) is 4.47 Å². The monoisotopic (exact) mass is 365 g/mol. The van der Waals surface area contributed by atoms with Crippen LogP contribution in [0.5, 0.6) is 0 Å². The van der Waals surface area contributed by atoms with Gasteiger partial charge in [-0.3, -0.25) is 0 Å². The molecule has 0 spiro atoms. The van der Waals surface area contributed by atoms with Crippen LogP contribution < -0.4 is 5.32 Å². The third kappa shape index (κ3) is 3.61. The minimum Gasteiger partial charge on any atom is -0.444 e. The topological polar surface area (TPSA) is 67.0 Å². The van der Waals surface area contributed by atoms with Crippen molar-refractivity contribution in [3.8, 4) is 0 Å². The number of aromatic amines is 1. The molecule has 0 radical (unpaired) electrons. The number of hydrogen-bond donors (Lipinski definition) is 2. The average Bonchev–Trinajstić information content (AvgIpc) is 3.13. The van der Waals surface area contributed by atoms with Gasteiger partial charge in [-0.15, -0.1) is 0 Å². The van der Waals surface area contributed by atoms with Crippen LogP contribution in [0.25, 0.3) is 11.0 Å². The van der Waals surface area contributed by atoms with E-state index < -0.39 is 11.7 Å². The van der Waals surface area contributed by atoms with Gasteiger partial charge >= 0.3 is 6.09 Å². The van der Waals surface area contributed by atoms with Crippen LogP contribution in [0, 0.1) is 5.92 Å². The molecular formula is C16H20BrN3O2. The Morgan fingerprint density at radius 1 is 1.45 bits per heavy atom. The van der Waals surface area contributed by atoms with Crippen molar-refractivity contribution in [2.24, 2.45) is 5.92 Å². The predicted molar refractivity (Wildman–Crippen MR) is 88.6 cm³/mol. The van der Waals surface area contributed by atoms with E-state index in [4.69, 9.17) is 4.74 Å². The van der Waals surface area contributed by atoms with Crippen LogP contribution in [0.4, 0.5) is 4.79 Å². The van der Waals surface area contributed by atoms with Crippen molar-refractivity contribution in [1.29, 1.82) is 0 Å². The third-order valence-electron chi connectivity index (χ3n) is 3.52. The largest absolute Gasteiger partial charge is 0.444 e. The molecule has 1 fully saturated rings. The molecule has 1 atom stereocenters. The molecule has 1 saturated carbocycles. The summed E-state index contributed by atoms with van der Waals surface area (Å²) in [6.07, 6.45) is 1.80. The van der Waals surface area contributed by atoms with Gasteiger partial charge in [-0.2, -0.15) is 0 Å². The fraction of sp³-hybridized carbons (Fsp3) is 0.500. The summed E-state index contributed by atoms with van der Waals surface area (Å²) in [6.45, 7) is 5.58. The first-order chi connectivity index (χ1) is 10.3. The zero-order valence-corrected chi connectivity index (χ0v) is 14.5. The Kier molecular flexibility index (Phi) is 3.89. The fourth-order valence-corrected chi connectivity index (χ4v) is 2.78. The zero-order valence-electron chi connectivity index (χ0n) is 12.9. The lowest BCUT2D eigenvalue weighted by atomic mass is 10.2. The number of imidazole rings is 1. The first kappa shape index (κ1) is 15.3. The quantitative estimate of drug-likeness (QED) is 0.851. The number of fused-ring (bicyclic) bond motifs is 1. The van der Waals surface area contributed by atoms with E-state index in [1.54, 1.807) is 0 Å². The molecule has 0 saturated heterocycles. The van der Waals surface area contributed by atoms with Crippen molar-refractivity contribution in [3.05, 3.63) is 28.5 Å². The van der Waals surface area contributed by atoms with Crippen LogP contribution in [0.2, 0.25) is 0 Å². The number of benzene rings is 1. The maximum absolute atomic E-state index is 12.1. The molecule has 2 N–H and O–H groups in total. The summed E-state index contributed by atoms with van der Waals surface area (Å²) in [5, 5.41) is 2.96. The van der Waals surface area contributed by atoms with E-state index in [0.717, 1.165) is 34.2 Å². The highest BCUT2D eigenvalue weighted by molar-refractivity contribution is 9.10. The van der Waals surface area contributed by atoms with Gasteiger partial charge in [0.25, 0.3) is 0 Å². The smallest absolute Gasteiger partial charge is 0.408 e. The molecule has 1 aromatic carbocycles. The second-order valence-electron chi connectivity index (χ2n) is 6.74. The Morgan fingerprint density at radius 3 is 2.82 bits per heavy atom. The van der Waals surface area contributed by atoms with Crippen LogP contribution >= 0.6 is 15.9 Å². The average molecular weight is 366 g/mol. The second kappa shape index (κ2) is 5.57. The molecule has 22 heavy (non-hydrogen) atoms. The normalized spacial score (nSPS) is 16.5. The predicted octanol–water partition coefficient (Wildman–Crippen LogP) is 4.30. The molecule has 118 valence electrons. The molecule has 2 aromatic rings. The summed E-state index contributed by atoms with van der Waals surface area (Å²) in [4.78, 5) is 20.0. The van der Waals surface area contributed by atoms with Crippen LogP contribution in [-0.4, -0.2) is 21.7 Å². The van der Waals surface area contributed by atoms with Crippen molar-refractivity contribution in [3.63, 3.8) is 0 Å². The number of ether oxygens (including phenoxy) is 1. The Labute approximate surface area is 138 Å². The molecule has 1 aliphatic carbocycles. The molecule has 3 rings (SSSR count). The molecule has 1 amide bonds. The number of carbonyl (C=O) groups is 1. The Hall–Kier alpha value is -1.56. The molecule has 1 unspecified atom stereocenters. The van der Waals surface area contributed by atoms with E-state index >= 15 is 0 Å². The highest BCUT2D eigenvalue weighted by atomic mass is 79.9. The summed E-state index contributed by atoms with van der Waals surface area (Å²) in [6, 6.07) is 5.78. The highest BCUT2D eigenvalue weighted by Gasteiger charge is 2.36. The molecule has 1 aromatic heterocycles. The number of nitrogens with zero attached hydrogens (tertiary/aromatic N) is 1. The van der Waals surface area contributed by atoms with Gasteiger partial charge in [0.2, 0.25) is 0 Å². The summed E-state index contributed by atoms with van der Waals surface area (Å²) < 4.78 is 6.36. The van der Waals surface area contributed by atoms with Gasteiger partial charge in [0.05, 0.1) is 17.1 Å². The summed E-state index contributed by atoms with van der Waals surface area (Å²) in [5.41, 5.74) is 1.35. The highest BCUT2D eigenvalue weighted by Crippen LogP contribution is 2.40. The zero-order chi connectivity index (χ0) is 15.9. The van der Waals surface area contributed by atoms with E-state index in [2.05, 4.69) is 31.2 Å². The number of amides is 1.